The highest BCUT2D eigenvalue weighted by Crippen LogP contribution is 2.19. The van der Waals surface area contributed by atoms with Crippen LogP contribution in [0.5, 0.6) is 0 Å². The molecule has 1 unspecified atom stereocenters. The van der Waals surface area contributed by atoms with Gasteiger partial charge >= 0.3 is 6.03 Å². The number of aliphatic hydroxyl groups excluding tert-OH is 1. The van der Waals surface area contributed by atoms with E-state index in [4.69, 9.17) is 0 Å². The molecule has 0 aliphatic heterocycles. The van der Waals surface area contributed by atoms with E-state index in [0.29, 0.717) is 11.3 Å². The van der Waals surface area contributed by atoms with E-state index in [1.165, 1.54) is 23.8 Å². The number of rotatable bonds is 7. The molecule has 0 aliphatic rings. The van der Waals surface area contributed by atoms with Crippen molar-refractivity contribution in [3.63, 3.8) is 0 Å². The van der Waals surface area contributed by atoms with Crippen LogP contribution < -0.4 is 15.5 Å². The van der Waals surface area contributed by atoms with Gasteiger partial charge in [-0.25, -0.2) is 9.18 Å². The summed E-state index contributed by atoms with van der Waals surface area (Å²) in [4.78, 5) is 14.2. The SMILES string of the molecule is CN(Cc1ccccc1)c1ccc(NC(=O)NCC(O)c2cccc(F)c2)cc1. The largest absolute Gasteiger partial charge is 0.387 e. The Labute approximate surface area is 169 Å². The molecular formula is C23H24FN3O2. The standard InChI is InChI=1S/C23H24FN3O2/c1-27(16-17-6-3-2-4-7-17)21-12-10-20(11-13-21)26-23(29)25-15-22(28)18-8-5-9-19(24)14-18/h2-14,22,28H,15-16H2,1H3,(H2,25,26,29). The van der Waals surface area contributed by atoms with Crippen LogP contribution in [0.25, 0.3) is 0 Å². The molecule has 2 amide bonds. The van der Waals surface area contributed by atoms with Crippen molar-refractivity contribution in [1.29, 1.82) is 0 Å². The summed E-state index contributed by atoms with van der Waals surface area (Å²) < 4.78 is 13.2. The Hall–Kier alpha value is -3.38. The maximum Gasteiger partial charge on any atom is 0.319 e. The molecule has 0 aliphatic carbocycles. The van der Waals surface area contributed by atoms with Crippen LogP contribution in [0.4, 0.5) is 20.6 Å². The molecule has 0 saturated heterocycles. The van der Waals surface area contributed by atoms with Crippen LogP contribution in [-0.4, -0.2) is 24.7 Å². The molecule has 0 aromatic heterocycles. The molecule has 29 heavy (non-hydrogen) atoms. The maximum absolute atomic E-state index is 13.2. The van der Waals surface area contributed by atoms with Gasteiger partial charge in [0.25, 0.3) is 0 Å². The second-order valence-electron chi connectivity index (χ2n) is 6.79. The summed E-state index contributed by atoms with van der Waals surface area (Å²) in [6, 6.07) is 22.9. The van der Waals surface area contributed by atoms with Gasteiger partial charge in [0, 0.05) is 31.5 Å². The lowest BCUT2D eigenvalue weighted by Gasteiger charge is -2.20. The van der Waals surface area contributed by atoms with Gasteiger partial charge < -0.3 is 20.6 Å². The predicted octanol–water partition coefficient (Wildman–Crippen LogP) is 4.32. The third-order valence-electron chi connectivity index (χ3n) is 4.52. The van der Waals surface area contributed by atoms with Gasteiger partial charge in [0.1, 0.15) is 5.82 Å². The lowest BCUT2D eigenvalue weighted by Crippen LogP contribution is -2.32. The molecule has 6 heteroatoms. The minimum absolute atomic E-state index is 0.0207. The van der Waals surface area contributed by atoms with Crippen LogP contribution in [-0.2, 0) is 6.54 Å². The number of nitrogens with one attached hydrogen (secondary N) is 2. The van der Waals surface area contributed by atoms with Crippen molar-refractivity contribution in [3.05, 3.63) is 95.8 Å². The fourth-order valence-electron chi connectivity index (χ4n) is 2.94. The summed E-state index contributed by atoms with van der Waals surface area (Å²) in [5, 5.41) is 15.4. The quantitative estimate of drug-likeness (QED) is 0.560. The zero-order valence-electron chi connectivity index (χ0n) is 16.2. The van der Waals surface area contributed by atoms with Gasteiger partial charge in [0.05, 0.1) is 6.10 Å². The molecule has 5 nitrogen and oxygen atoms in total. The van der Waals surface area contributed by atoms with Crippen LogP contribution in [0.15, 0.2) is 78.9 Å². The molecule has 3 aromatic rings. The van der Waals surface area contributed by atoms with E-state index < -0.39 is 18.0 Å². The molecule has 0 spiro atoms. The first-order valence-corrected chi connectivity index (χ1v) is 9.35. The van der Waals surface area contributed by atoms with E-state index >= 15 is 0 Å². The van der Waals surface area contributed by atoms with Crippen molar-refractivity contribution in [2.24, 2.45) is 0 Å². The van der Waals surface area contributed by atoms with Crippen LogP contribution >= 0.6 is 0 Å². The molecule has 1 atom stereocenters. The van der Waals surface area contributed by atoms with Crippen molar-refractivity contribution in [2.45, 2.75) is 12.6 Å². The first-order chi connectivity index (χ1) is 14.0. The van der Waals surface area contributed by atoms with Gasteiger partial charge in [-0.15, -0.1) is 0 Å². The van der Waals surface area contributed by atoms with Crippen LogP contribution in [0.1, 0.15) is 17.2 Å². The zero-order chi connectivity index (χ0) is 20.6. The Bertz CT molecular complexity index is 932. The number of halogens is 1. The topological polar surface area (TPSA) is 64.6 Å². The molecule has 0 bridgehead atoms. The number of hydrogen-bond donors (Lipinski definition) is 3. The Kier molecular flexibility index (Phi) is 6.81. The Morgan fingerprint density at radius 2 is 1.76 bits per heavy atom. The summed E-state index contributed by atoms with van der Waals surface area (Å²) in [5.41, 5.74) is 3.30. The minimum atomic E-state index is -0.981. The third kappa shape index (κ3) is 6.05. The number of carbonyl (C=O) groups excluding carboxylic acids is 1. The number of urea groups is 1. The molecule has 150 valence electrons. The lowest BCUT2D eigenvalue weighted by atomic mass is 10.1. The monoisotopic (exact) mass is 393 g/mol. The second kappa shape index (κ2) is 9.71. The van der Waals surface area contributed by atoms with Crippen molar-refractivity contribution >= 4 is 17.4 Å². The molecule has 0 radical (unpaired) electrons. The molecule has 3 rings (SSSR count). The lowest BCUT2D eigenvalue weighted by molar-refractivity contribution is 0.174. The van der Waals surface area contributed by atoms with E-state index in [1.54, 1.807) is 6.07 Å². The van der Waals surface area contributed by atoms with Crippen molar-refractivity contribution in [2.75, 3.05) is 23.8 Å². The molecule has 3 aromatic carbocycles. The number of carbonyl (C=O) groups is 1. The molecule has 0 fully saturated rings. The second-order valence-corrected chi connectivity index (χ2v) is 6.79. The molecule has 0 heterocycles. The van der Waals surface area contributed by atoms with E-state index in [0.717, 1.165) is 12.2 Å². The fraction of sp³-hybridized carbons (Fsp3) is 0.174. The average Bonchev–Trinajstić information content (AvgIpc) is 2.73. The Balaban J connectivity index is 1.49. The summed E-state index contributed by atoms with van der Waals surface area (Å²) in [7, 11) is 2.01. The maximum atomic E-state index is 13.2. The van der Waals surface area contributed by atoms with E-state index in [-0.39, 0.29) is 6.54 Å². The van der Waals surface area contributed by atoms with Gasteiger partial charge in [-0.3, -0.25) is 0 Å². The van der Waals surface area contributed by atoms with E-state index in [1.807, 2.05) is 49.5 Å². The first-order valence-electron chi connectivity index (χ1n) is 9.35. The normalized spacial score (nSPS) is 11.6. The number of hydrogen-bond acceptors (Lipinski definition) is 3. The van der Waals surface area contributed by atoms with Gasteiger partial charge in [-0.1, -0.05) is 42.5 Å². The molecular weight excluding hydrogens is 369 g/mol. The summed E-state index contributed by atoms with van der Waals surface area (Å²) in [6.07, 6.45) is -0.981. The van der Waals surface area contributed by atoms with E-state index in [9.17, 15) is 14.3 Å². The van der Waals surface area contributed by atoms with Crippen LogP contribution in [0, 0.1) is 5.82 Å². The summed E-state index contributed by atoms with van der Waals surface area (Å²) in [6.45, 7) is 0.763. The first kappa shape index (κ1) is 20.4. The van der Waals surface area contributed by atoms with Crippen LogP contribution in [0.3, 0.4) is 0 Å². The smallest absolute Gasteiger partial charge is 0.319 e. The highest BCUT2D eigenvalue weighted by molar-refractivity contribution is 5.89. The van der Waals surface area contributed by atoms with Gasteiger partial charge in [0.15, 0.2) is 0 Å². The van der Waals surface area contributed by atoms with Crippen LogP contribution in [0.2, 0.25) is 0 Å². The van der Waals surface area contributed by atoms with Gasteiger partial charge in [-0.2, -0.15) is 0 Å². The minimum Gasteiger partial charge on any atom is -0.387 e. The number of nitrogens with zero attached hydrogens (tertiary/aromatic N) is 1. The summed E-state index contributed by atoms with van der Waals surface area (Å²) in [5.74, 6) is -0.427. The predicted molar refractivity (Wildman–Crippen MR) is 113 cm³/mol. The van der Waals surface area contributed by atoms with Crippen molar-refractivity contribution in [1.82, 2.24) is 5.32 Å². The Morgan fingerprint density at radius 1 is 1.03 bits per heavy atom. The fourth-order valence-corrected chi connectivity index (χ4v) is 2.94. The number of benzene rings is 3. The molecule has 0 saturated carbocycles. The highest BCUT2D eigenvalue weighted by Gasteiger charge is 2.10. The average molecular weight is 393 g/mol. The molecule has 3 N–H and O–H groups in total. The van der Waals surface area contributed by atoms with E-state index in [2.05, 4.69) is 27.7 Å². The third-order valence-corrected chi connectivity index (χ3v) is 4.52. The van der Waals surface area contributed by atoms with Gasteiger partial charge in [0.2, 0.25) is 0 Å². The van der Waals surface area contributed by atoms with Gasteiger partial charge in [-0.05, 0) is 47.5 Å². The summed E-state index contributed by atoms with van der Waals surface area (Å²) >= 11 is 0. The Morgan fingerprint density at radius 3 is 2.45 bits per heavy atom. The van der Waals surface area contributed by atoms with Crippen molar-refractivity contribution < 1.29 is 14.3 Å². The highest BCUT2D eigenvalue weighted by atomic mass is 19.1. The number of anilines is 2. The van der Waals surface area contributed by atoms with Crippen molar-refractivity contribution in [3.8, 4) is 0 Å². The zero-order valence-corrected chi connectivity index (χ0v) is 16.2. The number of amides is 2. The number of aliphatic hydroxyl groups is 1.